The van der Waals surface area contributed by atoms with Gasteiger partial charge in [-0.2, -0.15) is 5.26 Å². The Bertz CT molecular complexity index is 644. The second kappa shape index (κ2) is 7.66. The van der Waals surface area contributed by atoms with Crippen molar-refractivity contribution in [1.29, 1.82) is 5.26 Å². The Morgan fingerprint density at radius 1 is 1.21 bits per heavy atom. The van der Waals surface area contributed by atoms with Crippen molar-refractivity contribution in [1.82, 2.24) is 5.32 Å². The van der Waals surface area contributed by atoms with Crippen molar-refractivity contribution in [2.24, 2.45) is 5.92 Å². The zero-order valence-electron chi connectivity index (χ0n) is 15.2. The number of hydrogen-bond donors (Lipinski definition) is 1. The molecular weight excluding hydrogens is 296 g/mol. The number of nitriles is 1. The van der Waals surface area contributed by atoms with Gasteiger partial charge in [0.1, 0.15) is 11.6 Å². The lowest BCUT2D eigenvalue weighted by molar-refractivity contribution is -0.118. The molecule has 3 heteroatoms. The molecule has 1 aliphatic rings. The second-order valence-electron chi connectivity index (χ2n) is 7.88. The fraction of sp³-hybridized carbons (Fsp3) is 0.524. The molecule has 1 amide bonds. The normalized spacial score (nSPS) is 21.9. The molecule has 0 bridgehead atoms. The lowest BCUT2D eigenvalue weighted by Crippen LogP contribution is -2.41. The minimum Gasteiger partial charge on any atom is -0.348 e. The Morgan fingerprint density at radius 2 is 1.83 bits per heavy atom. The molecule has 0 unspecified atom stereocenters. The highest BCUT2D eigenvalue weighted by Gasteiger charge is 2.24. The highest BCUT2D eigenvalue weighted by Crippen LogP contribution is 2.25. The summed E-state index contributed by atoms with van der Waals surface area (Å²) in [5.41, 5.74) is 2.38. The number of hydrogen-bond acceptors (Lipinski definition) is 2. The van der Waals surface area contributed by atoms with Gasteiger partial charge in [-0.1, -0.05) is 64.8 Å². The molecule has 0 spiro atoms. The van der Waals surface area contributed by atoms with Gasteiger partial charge in [0.25, 0.3) is 5.91 Å². The van der Waals surface area contributed by atoms with Gasteiger partial charge in [-0.15, -0.1) is 0 Å². The van der Waals surface area contributed by atoms with Gasteiger partial charge in [0.05, 0.1) is 0 Å². The van der Waals surface area contributed by atoms with Crippen molar-refractivity contribution in [2.45, 2.75) is 64.8 Å². The monoisotopic (exact) mass is 324 g/mol. The van der Waals surface area contributed by atoms with E-state index in [-0.39, 0.29) is 22.9 Å². The quantitative estimate of drug-likeness (QED) is 0.653. The number of amides is 1. The molecule has 3 nitrogen and oxygen atoms in total. The number of carbonyl (C=O) groups excluding carboxylic acids is 1. The minimum atomic E-state index is -0.254. The molecule has 24 heavy (non-hydrogen) atoms. The maximum absolute atomic E-state index is 12.4. The van der Waals surface area contributed by atoms with Crippen molar-refractivity contribution >= 4 is 12.0 Å². The van der Waals surface area contributed by atoms with E-state index in [4.69, 9.17) is 0 Å². The van der Waals surface area contributed by atoms with E-state index < -0.39 is 0 Å². The van der Waals surface area contributed by atoms with Crippen molar-refractivity contribution in [2.75, 3.05) is 0 Å². The predicted molar refractivity (Wildman–Crippen MR) is 98.3 cm³/mol. The van der Waals surface area contributed by atoms with Gasteiger partial charge in [0.2, 0.25) is 0 Å². The first-order chi connectivity index (χ1) is 11.3. The summed E-state index contributed by atoms with van der Waals surface area (Å²) in [7, 11) is 0. The lowest BCUT2D eigenvalue weighted by Gasteiger charge is -2.29. The van der Waals surface area contributed by atoms with E-state index in [1.165, 1.54) is 12.0 Å². The van der Waals surface area contributed by atoms with Crippen LogP contribution < -0.4 is 5.32 Å². The summed E-state index contributed by atoms with van der Waals surface area (Å²) < 4.78 is 0. The summed E-state index contributed by atoms with van der Waals surface area (Å²) in [5, 5.41) is 12.4. The van der Waals surface area contributed by atoms with Gasteiger partial charge in [-0.05, 0) is 41.4 Å². The molecule has 0 saturated heterocycles. The van der Waals surface area contributed by atoms with Crippen molar-refractivity contribution < 1.29 is 4.79 Å². The molecule has 0 aliphatic heterocycles. The first-order valence-electron chi connectivity index (χ1n) is 8.84. The number of nitrogens with one attached hydrogen (secondary N) is 1. The van der Waals surface area contributed by atoms with Crippen LogP contribution in [0.1, 0.15) is 64.5 Å². The van der Waals surface area contributed by atoms with Crippen LogP contribution in [0.3, 0.4) is 0 Å². The molecule has 128 valence electrons. The van der Waals surface area contributed by atoms with E-state index in [0.29, 0.717) is 5.92 Å². The Hall–Kier alpha value is -2.08. The maximum atomic E-state index is 12.4. The summed E-state index contributed by atoms with van der Waals surface area (Å²) in [5.74, 6) is 0.227. The van der Waals surface area contributed by atoms with Crippen LogP contribution >= 0.6 is 0 Å². The molecule has 1 aliphatic carbocycles. The molecule has 1 aromatic rings. The van der Waals surface area contributed by atoms with Gasteiger partial charge in [-0.25, -0.2) is 0 Å². The molecule has 1 aromatic carbocycles. The van der Waals surface area contributed by atoms with Crippen LogP contribution in [-0.2, 0) is 10.2 Å². The molecule has 1 saturated carbocycles. The zero-order chi connectivity index (χ0) is 17.7. The molecular formula is C21H28N2O. The van der Waals surface area contributed by atoms with E-state index in [2.05, 4.69) is 45.1 Å². The second-order valence-corrected chi connectivity index (χ2v) is 7.88. The summed E-state index contributed by atoms with van der Waals surface area (Å²) in [6, 6.07) is 10.3. The third-order valence-electron chi connectivity index (χ3n) is 4.88. The molecule has 1 N–H and O–H groups in total. The minimum absolute atomic E-state index is 0.0921. The first kappa shape index (κ1) is 18.3. The first-order valence-corrected chi connectivity index (χ1v) is 8.84. The van der Waals surface area contributed by atoms with Crippen LogP contribution in [0.4, 0.5) is 0 Å². The van der Waals surface area contributed by atoms with E-state index in [0.717, 1.165) is 24.8 Å². The molecule has 2 rings (SSSR count). The predicted octanol–water partition coefficient (Wildman–Crippen LogP) is 4.59. The molecule has 0 heterocycles. The lowest BCUT2D eigenvalue weighted by atomic mass is 9.85. The standard InChI is InChI=1S/C21H28N2O/c1-15-7-5-6-8-19(15)23-20(24)17(14-22)13-16-9-11-18(12-10-16)21(2,3)4/h9-13,15,19H,5-8H2,1-4H3,(H,23,24)/b17-13+/t15-,19-/m1/s1. The number of rotatable bonds is 3. The Morgan fingerprint density at radius 3 is 2.38 bits per heavy atom. The summed E-state index contributed by atoms with van der Waals surface area (Å²) in [6.45, 7) is 8.66. The van der Waals surface area contributed by atoms with Gasteiger partial charge in [-0.3, -0.25) is 4.79 Å². The summed E-state index contributed by atoms with van der Waals surface area (Å²) in [4.78, 5) is 12.4. The van der Waals surface area contributed by atoms with E-state index in [1.54, 1.807) is 6.08 Å². The third-order valence-corrected chi connectivity index (χ3v) is 4.88. The van der Waals surface area contributed by atoms with Gasteiger partial charge >= 0.3 is 0 Å². The van der Waals surface area contributed by atoms with E-state index in [1.807, 2.05) is 18.2 Å². The Balaban J connectivity index is 2.11. The average molecular weight is 324 g/mol. The number of carbonyl (C=O) groups is 1. The fourth-order valence-electron chi connectivity index (χ4n) is 3.17. The highest BCUT2D eigenvalue weighted by molar-refractivity contribution is 6.01. The Labute approximate surface area is 145 Å². The SMILES string of the molecule is C[C@@H]1CCCC[C@H]1NC(=O)/C(C#N)=C/c1ccc(C(C)(C)C)cc1. The number of nitrogens with zero attached hydrogens (tertiary/aromatic N) is 1. The van der Waals surface area contributed by atoms with Gasteiger partial charge in [0, 0.05) is 6.04 Å². The Kier molecular flexibility index (Phi) is 5.83. The highest BCUT2D eigenvalue weighted by atomic mass is 16.1. The van der Waals surface area contributed by atoms with Crippen molar-refractivity contribution in [3.05, 3.63) is 41.0 Å². The van der Waals surface area contributed by atoms with Crippen LogP contribution in [-0.4, -0.2) is 11.9 Å². The topological polar surface area (TPSA) is 52.9 Å². The molecule has 1 fully saturated rings. The van der Waals surface area contributed by atoms with Gasteiger partial charge < -0.3 is 5.32 Å². The summed E-state index contributed by atoms with van der Waals surface area (Å²) >= 11 is 0. The van der Waals surface area contributed by atoms with Gasteiger partial charge in [0.15, 0.2) is 0 Å². The van der Waals surface area contributed by atoms with Crippen LogP contribution in [0.25, 0.3) is 6.08 Å². The van der Waals surface area contributed by atoms with E-state index >= 15 is 0 Å². The fourth-order valence-corrected chi connectivity index (χ4v) is 3.17. The van der Waals surface area contributed by atoms with Crippen molar-refractivity contribution in [3.63, 3.8) is 0 Å². The van der Waals surface area contributed by atoms with Crippen LogP contribution in [0.2, 0.25) is 0 Å². The number of benzene rings is 1. The van der Waals surface area contributed by atoms with Crippen LogP contribution in [0.15, 0.2) is 29.8 Å². The largest absolute Gasteiger partial charge is 0.348 e. The van der Waals surface area contributed by atoms with Crippen molar-refractivity contribution in [3.8, 4) is 6.07 Å². The third kappa shape index (κ3) is 4.71. The molecule has 2 atom stereocenters. The smallest absolute Gasteiger partial charge is 0.262 e. The summed E-state index contributed by atoms with van der Waals surface area (Å²) in [6.07, 6.45) is 6.20. The average Bonchev–Trinajstić information content (AvgIpc) is 2.54. The molecule has 0 radical (unpaired) electrons. The van der Waals surface area contributed by atoms with E-state index in [9.17, 15) is 10.1 Å². The van der Waals surface area contributed by atoms with Crippen LogP contribution in [0, 0.1) is 17.2 Å². The zero-order valence-corrected chi connectivity index (χ0v) is 15.2. The maximum Gasteiger partial charge on any atom is 0.262 e. The van der Waals surface area contributed by atoms with Crippen LogP contribution in [0.5, 0.6) is 0 Å². The molecule has 0 aromatic heterocycles.